The molecule has 1 aromatic carbocycles. The first-order valence-corrected chi connectivity index (χ1v) is 9.59. The van der Waals surface area contributed by atoms with Gasteiger partial charge >= 0.3 is 11.9 Å². The Bertz CT molecular complexity index is 929. The van der Waals surface area contributed by atoms with Crippen LogP contribution < -0.4 is 5.32 Å². The van der Waals surface area contributed by atoms with Gasteiger partial charge < -0.3 is 19.9 Å². The zero-order chi connectivity index (χ0) is 21.3. The van der Waals surface area contributed by atoms with Gasteiger partial charge in [0.05, 0.1) is 19.3 Å². The Hall–Kier alpha value is -3.09. The average Bonchev–Trinajstić information content (AvgIpc) is 2.66. The van der Waals surface area contributed by atoms with Gasteiger partial charge in [-0.15, -0.1) is 0 Å². The number of methoxy groups -OCH3 is 1. The summed E-state index contributed by atoms with van der Waals surface area (Å²) in [4.78, 5) is 38.5. The molecule has 1 aliphatic carbocycles. The molecule has 3 atom stereocenters. The Morgan fingerprint density at radius 1 is 1.31 bits per heavy atom. The Labute approximate surface area is 169 Å². The normalized spacial score (nSPS) is 24.0. The number of hydrogen-bond acceptors (Lipinski definition) is 7. The van der Waals surface area contributed by atoms with E-state index in [2.05, 4.69) is 5.32 Å². The van der Waals surface area contributed by atoms with Crippen LogP contribution in [0.15, 0.2) is 46.8 Å². The summed E-state index contributed by atoms with van der Waals surface area (Å²) in [6, 6.07) is 6.43. The molecule has 2 aliphatic rings. The van der Waals surface area contributed by atoms with Crippen LogP contribution in [0.3, 0.4) is 0 Å². The smallest absolute Gasteiger partial charge is 0.336 e. The molecule has 0 bridgehead atoms. The molecule has 3 rings (SSSR count). The predicted octanol–water partition coefficient (Wildman–Crippen LogP) is 2.57. The summed E-state index contributed by atoms with van der Waals surface area (Å²) >= 11 is 0. The molecule has 1 heterocycles. The van der Waals surface area contributed by atoms with E-state index in [0.29, 0.717) is 34.5 Å². The van der Waals surface area contributed by atoms with Crippen LogP contribution in [0.2, 0.25) is 0 Å². The Kier molecular flexibility index (Phi) is 5.77. The fourth-order valence-electron chi connectivity index (χ4n) is 4.20. The lowest BCUT2D eigenvalue weighted by molar-refractivity contribution is -0.151. The fourth-order valence-corrected chi connectivity index (χ4v) is 4.20. The van der Waals surface area contributed by atoms with Gasteiger partial charge in [-0.3, -0.25) is 9.59 Å². The van der Waals surface area contributed by atoms with E-state index in [-0.39, 0.29) is 24.1 Å². The molecule has 154 valence electrons. The second-order valence-electron chi connectivity index (χ2n) is 7.35. The number of ketones is 1. The molecule has 0 amide bonds. The predicted molar refractivity (Wildman–Crippen MR) is 105 cm³/mol. The third-order valence-corrected chi connectivity index (χ3v) is 5.44. The summed E-state index contributed by atoms with van der Waals surface area (Å²) in [5.74, 6) is -3.42. The average molecular weight is 399 g/mol. The molecule has 7 nitrogen and oxygen atoms in total. The highest BCUT2D eigenvalue weighted by molar-refractivity contribution is 6.12. The number of esters is 2. The molecule has 0 saturated heterocycles. The molecule has 2 N–H and O–H groups in total. The molecule has 1 aromatic rings. The van der Waals surface area contributed by atoms with Crippen LogP contribution in [0.4, 0.5) is 0 Å². The second kappa shape index (κ2) is 8.11. The standard InChI is InChI=1S/C22H25NO6/c1-5-29-22(27)17-12(3)23-15-9-11(2)16(21(26)28-4)20(25)19(15)18(17)13-7-6-8-14(24)10-13/h6-8,10-11,16,18,23-24H,5,9H2,1-4H3/t11-,16-,18-/m0/s1. The van der Waals surface area contributed by atoms with Gasteiger partial charge in [0.15, 0.2) is 5.78 Å². The van der Waals surface area contributed by atoms with Crippen molar-refractivity contribution >= 4 is 17.7 Å². The minimum Gasteiger partial charge on any atom is -0.508 e. The first-order chi connectivity index (χ1) is 13.8. The first-order valence-electron chi connectivity index (χ1n) is 9.59. The molecule has 0 radical (unpaired) electrons. The van der Waals surface area contributed by atoms with Crippen LogP contribution in [0.1, 0.15) is 38.7 Å². The number of Topliss-reactive ketones (excluding diaryl/α,β-unsaturated/α-hetero) is 1. The highest BCUT2D eigenvalue weighted by atomic mass is 16.5. The lowest BCUT2D eigenvalue weighted by atomic mass is 9.69. The van der Waals surface area contributed by atoms with Crippen molar-refractivity contribution in [2.75, 3.05) is 13.7 Å². The number of phenols is 1. The van der Waals surface area contributed by atoms with Crippen molar-refractivity contribution in [3.63, 3.8) is 0 Å². The number of phenolic OH excluding ortho intramolecular Hbond substituents is 1. The van der Waals surface area contributed by atoms with Crippen molar-refractivity contribution in [3.8, 4) is 5.75 Å². The van der Waals surface area contributed by atoms with Crippen molar-refractivity contribution in [1.82, 2.24) is 5.32 Å². The summed E-state index contributed by atoms with van der Waals surface area (Å²) in [7, 11) is 1.26. The molecule has 7 heteroatoms. The van der Waals surface area contributed by atoms with Crippen LogP contribution in [0.25, 0.3) is 0 Å². The van der Waals surface area contributed by atoms with Crippen LogP contribution in [-0.2, 0) is 23.9 Å². The first kappa shape index (κ1) is 20.6. The van der Waals surface area contributed by atoms with E-state index in [0.717, 1.165) is 0 Å². The van der Waals surface area contributed by atoms with Crippen molar-refractivity contribution in [1.29, 1.82) is 0 Å². The van der Waals surface area contributed by atoms with Gasteiger partial charge in [-0.2, -0.15) is 0 Å². The van der Waals surface area contributed by atoms with Crippen LogP contribution in [-0.4, -0.2) is 36.5 Å². The SMILES string of the molecule is CCOC(=O)C1=C(C)NC2=C(C(=O)[C@@H](C(=O)OC)[C@@H](C)C2)[C@H]1c1cccc(O)c1. The molecule has 0 saturated carbocycles. The maximum Gasteiger partial charge on any atom is 0.336 e. The highest BCUT2D eigenvalue weighted by Gasteiger charge is 2.47. The minimum atomic E-state index is -0.942. The fraction of sp³-hybridized carbons (Fsp3) is 0.409. The van der Waals surface area contributed by atoms with E-state index < -0.39 is 23.8 Å². The number of rotatable bonds is 4. The lowest BCUT2D eigenvalue weighted by Gasteiger charge is -2.38. The number of benzene rings is 1. The van der Waals surface area contributed by atoms with Gasteiger partial charge in [0.25, 0.3) is 0 Å². The third-order valence-electron chi connectivity index (χ3n) is 5.44. The van der Waals surface area contributed by atoms with E-state index in [1.807, 2.05) is 6.92 Å². The zero-order valence-corrected chi connectivity index (χ0v) is 16.9. The van der Waals surface area contributed by atoms with Crippen LogP contribution in [0.5, 0.6) is 5.75 Å². The van der Waals surface area contributed by atoms with E-state index in [1.54, 1.807) is 26.0 Å². The maximum absolute atomic E-state index is 13.4. The van der Waals surface area contributed by atoms with Gasteiger partial charge in [0.2, 0.25) is 0 Å². The Morgan fingerprint density at radius 2 is 2.03 bits per heavy atom. The molecule has 1 aliphatic heterocycles. The maximum atomic E-state index is 13.4. The van der Waals surface area contributed by atoms with E-state index in [4.69, 9.17) is 9.47 Å². The number of aromatic hydroxyl groups is 1. The Balaban J connectivity index is 2.19. The van der Waals surface area contributed by atoms with Crippen LogP contribution >= 0.6 is 0 Å². The third kappa shape index (κ3) is 3.64. The summed E-state index contributed by atoms with van der Waals surface area (Å²) in [5.41, 5.74) is 2.49. The quantitative estimate of drug-likeness (QED) is 0.593. The number of carbonyl (C=O) groups excluding carboxylic acids is 3. The van der Waals surface area contributed by atoms with Crippen LogP contribution in [0, 0.1) is 11.8 Å². The number of dihydropyridines is 1. The molecular formula is C22H25NO6. The molecular weight excluding hydrogens is 374 g/mol. The summed E-state index contributed by atoms with van der Waals surface area (Å²) in [6.07, 6.45) is 0.462. The van der Waals surface area contributed by atoms with Crippen molar-refractivity contribution in [2.24, 2.45) is 11.8 Å². The van der Waals surface area contributed by atoms with Gasteiger partial charge in [0, 0.05) is 22.9 Å². The number of ether oxygens (including phenoxy) is 2. The molecule has 0 aromatic heterocycles. The minimum absolute atomic E-state index is 0.0187. The monoisotopic (exact) mass is 399 g/mol. The van der Waals surface area contributed by atoms with Crippen molar-refractivity contribution < 1.29 is 29.0 Å². The Morgan fingerprint density at radius 3 is 2.66 bits per heavy atom. The molecule has 0 fully saturated rings. The van der Waals surface area contributed by atoms with E-state index in [1.165, 1.54) is 19.2 Å². The second-order valence-corrected chi connectivity index (χ2v) is 7.35. The largest absolute Gasteiger partial charge is 0.508 e. The topological polar surface area (TPSA) is 102 Å². The van der Waals surface area contributed by atoms with Gasteiger partial charge in [-0.05, 0) is 43.9 Å². The molecule has 29 heavy (non-hydrogen) atoms. The summed E-state index contributed by atoms with van der Waals surface area (Å²) in [6.45, 7) is 5.48. The molecule has 0 unspecified atom stereocenters. The lowest BCUT2D eigenvalue weighted by Crippen LogP contribution is -2.43. The van der Waals surface area contributed by atoms with Crippen molar-refractivity contribution in [2.45, 2.75) is 33.1 Å². The summed E-state index contributed by atoms with van der Waals surface area (Å²) in [5, 5.41) is 13.2. The molecule has 0 spiro atoms. The number of hydrogen-bond donors (Lipinski definition) is 2. The summed E-state index contributed by atoms with van der Waals surface area (Å²) < 4.78 is 10.1. The van der Waals surface area contributed by atoms with E-state index in [9.17, 15) is 19.5 Å². The van der Waals surface area contributed by atoms with Gasteiger partial charge in [-0.1, -0.05) is 19.1 Å². The number of nitrogens with one attached hydrogen (secondary N) is 1. The number of carbonyl (C=O) groups is 3. The zero-order valence-electron chi connectivity index (χ0n) is 16.9. The van der Waals surface area contributed by atoms with Gasteiger partial charge in [-0.25, -0.2) is 4.79 Å². The van der Waals surface area contributed by atoms with Gasteiger partial charge in [0.1, 0.15) is 11.7 Å². The van der Waals surface area contributed by atoms with E-state index >= 15 is 0 Å². The number of allylic oxidation sites excluding steroid dienone is 3. The highest BCUT2D eigenvalue weighted by Crippen LogP contribution is 2.45. The van der Waals surface area contributed by atoms with Crippen molar-refractivity contribution in [3.05, 3.63) is 52.4 Å².